The average Bonchev–Trinajstić information content (AvgIpc) is 3.27. The van der Waals surface area contributed by atoms with Gasteiger partial charge in [-0.05, 0) is 25.1 Å². The molecule has 12 heteroatoms. The number of nitrogens with zero attached hydrogens (tertiary/aromatic N) is 7. The van der Waals surface area contributed by atoms with Gasteiger partial charge in [-0.1, -0.05) is 0 Å². The van der Waals surface area contributed by atoms with E-state index in [2.05, 4.69) is 25.0 Å². The van der Waals surface area contributed by atoms with Gasteiger partial charge in [-0.25, -0.2) is 19.6 Å². The number of aliphatic hydroxyl groups is 1. The molecule has 0 saturated heterocycles. The van der Waals surface area contributed by atoms with Crippen molar-refractivity contribution in [2.24, 2.45) is 0 Å². The van der Waals surface area contributed by atoms with Crippen molar-refractivity contribution in [3.8, 4) is 17.1 Å². The van der Waals surface area contributed by atoms with Crippen LogP contribution in [-0.2, 0) is 6.18 Å². The molecule has 4 rings (SSSR count). The van der Waals surface area contributed by atoms with Crippen LogP contribution in [0.3, 0.4) is 0 Å². The van der Waals surface area contributed by atoms with E-state index in [0.717, 1.165) is 12.3 Å². The zero-order valence-corrected chi connectivity index (χ0v) is 15.4. The van der Waals surface area contributed by atoms with Crippen LogP contribution in [0.15, 0.2) is 48.2 Å². The Kier molecular flexibility index (Phi) is 4.78. The molecular formula is C18H14F3N7O2. The van der Waals surface area contributed by atoms with Crippen LogP contribution in [0.25, 0.3) is 28.0 Å². The zero-order chi connectivity index (χ0) is 21.5. The summed E-state index contributed by atoms with van der Waals surface area (Å²) in [6.07, 6.45) is 0.398. The van der Waals surface area contributed by atoms with Crippen LogP contribution in [0.2, 0.25) is 0 Å². The van der Waals surface area contributed by atoms with Crippen molar-refractivity contribution in [1.82, 2.24) is 34.3 Å². The molecule has 0 saturated carbocycles. The highest BCUT2D eigenvalue weighted by molar-refractivity contribution is 5.87. The summed E-state index contributed by atoms with van der Waals surface area (Å²) >= 11 is 0. The maximum Gasteiger partial charge on any atom is 0.433 e. The Morgan fingerprint density at radius 3 is 2.60 bits per heavy atom. The zero-order valence-electron chi connectivity index (χ0n) is 15.4. The first-order chi connectivity index (χ1) is 14.3. The number of halogens is 3. The van der Waals surface area contributed by atoms with Crippen LogP contribution < -0.4 is 5.56 Å². The fourth-order valence-electron chi connectivity index (χ4n) is 2.87. The molecule has 1 N–H and O–H groups in total. The van der Waals surface area contributed by atoms with Gasteiger partial charge in [0, 0.05) is 11.8 Å². The van der Waals surface area contributed by atoms with E-state index in [1.807, 2.05) is 0 Å². The Morgan fingerprint density at radius 2 is 2.00 bits per heavy atom. The third-order valence-corrected chi connectivity index (χ3v) is 4.48. The summed E-state index contributed by atoms with van der Waals surface area (Å²) in [5, 5.41) is 13.6. The van der Waals surface area contributed by atoms with Gasteiger partial charge in [-0.2, -0.15) is 18.3 Å². The first-order valence-electron chi connectivity index (χ1n) is 8.71. The highest BCUT2D eigenvalue weighted by Gasteiger charge is 2.32. The normalized spacial score (nSPS) is 13.0. The van der Waals surface area contributed by atoms with E-state index >= 15 is 0 Å². The van der Waals surface area contributed by atoms with Crippen LogP contribution in [-0.4, -0.2) is 46.0 Å². The van der Waals surface area contributed by atoms with Crippen LogP contribution in [0.1, 0.15) is 18.7 Å². The summed E-state index contributed by atoms with van der Waals surface area (Å²) in [5.74, 6) is 0.181. The van der Waals surface area contributed by atoms with Crippen LogP contribution in [0, 0.1) is 0 Å². The van der Waals surface area contributed by atoms with Crippen molar-refractivity contribution < 1.29 is 18.3 Å². The van der Waals surface area contributed by atoms with E-state index < -0.39 is 23.5 Å². The smallest absolute Gasteiger partial charge is 0.394 e. The first-order valence-corrected chi connectivity index (χ1v) is 8.71. The molecule has 0 spiro atoms. The van der Waals surface area contributed by atoms with Crippen molar-refractivity contribution in [2.45, 2.75) is 19.1 Å². The molecule has 0 fully saturated rings. The summed E-state index contributed by atoms with van der Waals surface area (Å²) in [5.41, 5.74) is -0.759. The van der Waals surface area contributed by atoms with Crippen molar-refractivity contribution >= 4 is 10.9 Å². The van der Waals surface area contributed by atoms with Crippen LogP contribution >= 0.6 is 0 Å². The molecule has 0 amide bonds. The Hall–Kier alpha value is -3.67. The number of hydrogen-bond acceptors (Lipinski definition) is 7. The quantitative estimate of drug-likeness (QED) is 0.541. The molecule has 0 aromatic carbocycles. The minimum atomic E-state index is -4.57. The third kappa shape index (κ3) is 3.41. The predicted octanol–water partition coefficient (Wildman–Crippen LogP) is 2.01. The molecule has 1 atom stereocenters. The number of pyridine rings is 2. The summed E-state index contributed by atoms with van der Waals surface area (Å²) in [7, 11) is 0. The number of aromatic nitrogens is 7. The molecule has 4 aromatic heterocycles. The molecule has 0 radical (unpaired) electrons. The van der Waals surface area contributed by atoms with Crippen molar-refractivity contribution in [1.29, 1.82) is 0 Å². The number of hydrogen-bond donors (Lipinski definition) is 1. The van der Waals surface area contributed by atoms with Crippen molar-refractivity contribution in [3.63, 3.8) is 0 Å². The van der Waals surface area contributed by atoms with Gasteiger partial charge in [0.15, 0.2) is 5.82 Å². The number of fused-ring (bicyclic) bond motifs is 1. The predicted molar refractivity (Wildman–Crippen MR) is 98.7 cm³/mol. The number of alkyl halides is 3. The molecule has 0 aliphatic carbocycles. The standard InChI is InChI=1S/C18H14F3N7O2/c1-10(6-29)27-9-24-15-12(17(27)30)4-13(26-16(15)28-8-22-7-25-28)11-2-3-14(23-5-11)18(19,20)21/h2-5,7-10,29H,6H2,1H3. The van der Waals surface area contributed by atoms with Crippen LogP contribution in [0.4, 0.5) is 13.2 Å². The Balaban J connectivity index is 1.96. The van der Waals surface area contributed by atoms with E-state index in [4.69, 9.17) is 0 Å². The minimum absolute atomic E-state index is 0.160. The lowest BCUT2D eigenvalue weighted by atomic mass is 10.1. The van der Waals surface area contributed by atoms with Gasteiger partial charge in [0.25, 0.3) is 5.56 Å². The molecule has 0 aliphatic rings. The second-order valence-corrected chi connectivity index (χ2v) is 6.49. The lowest BCUT2D eigenvalue weighted by Crippen LogP contribution is -2.26. The van der Waals surface area contributed by atoms with E-state index in [1.165, 1.54) is 40.4 Å². The fraction of sp³-hybridized carbons (Fsp3) is 0.222. The SMILES string of the molecule is CC(CO)n1cnc2c(-n3cncn3)nc(-c3ccc(C(F)(F)F)nc3)cc2c1=O. The molecule has 4 heterocycles. The van der Waals surface area contributed by atoms with Crippen molar-refractivity contribution in [2.75, 3.05) is 6.61 Å². The van der Waals surface area contributed by atoms with E-state index in [1.54, 1.807) is 6.92 Å². The topological polar surface area (TPSA) is 112 Å². The van der Waals surface area contributed by atoms with Gasteiger partial charge in [-0.3, -0.25) is 14.3 Å². The van der Waals surface area contributed by atoms with Gasteiger partial charge in [-0.15, -0.1) is 0 Å². The third-order valence-electron chi connectivity index (χ3n) is 4.48. The van der Waals surface area contributed by atoms with Crippen molar-refractivity contribution in [3.05, 3.63) is 59.4 Å². The van der Waals surface area contributed by atoms with Gasteiger partial charge in [0.05, 0.1) is 30.1 Å². The van der Waals surface area contributed by atoms with Crippen LogP contribution in [0.5, 0.6) is 0 Å². The second-order valence-electron chi connectivity index (χ2n) is 6.49. The Morgan fingerprint density at radius 1 is 1.20 bits per heavy atom. The molecule has 0 bridgehead atoms. The molecule has 4 aromatic rings. The highest BCUT2D eigenvalue weighted by atomic mass is 19.4. The minimum Gasteiger partial charge on any atom is -0.394 e. The maximum absolute atomic E-state index is 13.0. The highest BCUT2D eigenvalue weighted by Crippen LogP contribution is 2.29. The van der Waals surface area contributed by atoms with Gasteiger partial charge in [0.1, 0.15) is 23.9 Å². The monoisotopic (exact) mass is 417 g/mol. The molecular weight excluding hydrogens is 403 g/mol. The Bertz CT molecular complexity index is 1250. The summed E-state index contributed by atoms with van der Waals surface area (Å²) in [4.78, 5) is 29.0. The molecule has 0 aliphatic heterocycles. The molecule has 1 unspecified atom stereocenters. The van der Waals surface area contributed by atoms with E-state index in [-0.39, 0.29) is 34.6 Å². The van der Waals surface area contributed by atoms with Gasteiger partial charge in [0.2, 0.25) is 0 Å². The average molecular weight is 417 g/mol. The number of aliphatic hydroxyl groups excluding tert-OH is 1. The maximum atomic E-state index is 13.0. The lowest BCUT2D eigenvalue weighted by molar-refractivity contribution is -0.141. The first kappa shape index (κ1) is 19.6. The lowest BCUT2D eigenvalue weighted by Gasteiger charge is -2.14. The molecule has 30 heavy (non-hydrogen) atoms. The van der Waals surface area contributed by atoms with E-state index in [0.29, 0.717) is 0 Å². The van der Waals surface area contributed by atoms with Gasteiger partial charge >= 0.3 is 6.18 Å². The summed E-state index contributed by atoms with van der Waals surface area (Å²) < 4.78 is 41.0. The largest absolute Gasteiger partial charge is 0.433 e. The molecule has 9 nitrogen and oxygen atoms in total. The second kappa shape index (κ2) is 7.30. The molecule has 154 valence electrons. The summed E-state index contributed by atoms with van der Waals surface area (Å²) in [6, 6.07) is 2.97. The number of rotatable bonds is 4. The Labute approximate surface area is 166 Å². The van der Waals surface area contributed by atoms with E-state index in [9.17, 15) is 23.1 Å². The summed E-state index contributed by atoms with van der Waals surface area (Å²) in [6.45, 7) is 1.37. The van der Waals surface area contributed by atoms with Gasteiger partial charge < -0.3 is 5.11 Å². The fourth-order valence-corrected chi connectivity index (χ4v) is 2.87.